The number of aromatic nitrogens is 1. The minimum atomic E-state index is -0.336. The Labute approximate surface area is 195 Å². The van der Waals surface area contributed by atoms with Crippen LogP contribution >= 0.6 is 27.7 Å². The van der Waals surface area contributed by atoms with Gasteiger partial charge in [0.15, 0.2) is 10.8 Å². The molecule has 6 nitrogen and oxygen atoms in total. The summed E-state index contributed by atoms with van der Waals surface area (Å²) >= 11 is 4.79. The first-order valence-electron chi connectivity index (χ1n) is 10.3. The van der Waals surface area contributed by atoms with E-state index in [0.29, 0.717) is 37.4 Å². The lowest BCUT2D eigenvalue weighted by molar-refractivity contribution is -0.415. The number of pyridine rings is 1. The number of carbonyl (C=O) groups excluding carboxylic acids is 1. The molecule has 0 aliphatic carbocycles. The van der Waals surface area contributed by atoms with E-state index in [1.807, 2.05) is 38.1 Å². The number of nitriles is 1. The van der Waals surface area contributed by atoms with E-state index in [0.717, 1.165) is 39.5 Å². The third-order valence-electron chi connectivity index (χ3n) is 5.57. The number of fused-ring (bicyclic) bond motifs is 1. The van der Waals surface area contributed by atoms with Crippen LogP contribution in [0, 0.1) is 11.3 Å². The monoisotopic (exact) mass is 502 g/mol. The molecule has 0 saturated carbocycles. The molecule has 0 unspecified atom stereocenters. The Hall–Kier alpha value is -1.92. The van der Waals surface area contributed by atoms with Gasteiger partial charge in [0, 0.05) is 16.5 Å². The normalized spacial score (nSPS) is 17.7. The summed E-state index contributed by atoms with van der Waals surface area (Å²) in [6.07, 6.45) is 0.658. The molecule has 2 aliphatic heterocycles. The molecule has 1 fully saturated rings. The topological polar surface area (TPSA) is 76.7 Å². The van der Waals surface area contributed by atoms with Gasteiger partial charge in [-0.1, -0.05) is 39.8 Å². The van der Waals surface area contributed by atoms with Gasteiger partial charge in [0.05, 0.1) is 36.7 Å². The zero-order chi connectivity index (χ0) is 22.0. The second-order valence-electron chi connectivity index (χ2n) is 8.29. The van der Waals surface area contributed by atoms with Crippen molar-refractivity contribution in [1.29, 1.82) is 5.26 Å². The second kappa shape index (κ2) is 9.29. The van der Waals surface area contributed by atoms with Crippen LogP contribution in [-0.4, -0.2) is 43.4 Å². The zero-order valence-electron chi connectivity index (χ0n) is 17.7. The van der Waals surface area contributed by atoms with Gasteiger partial charge in [0.2, 0.25) is 0 Å². The van der Waals surface area contributed by atoms with E-state index < -0.39 is 0 Å². The number of thioether (sulfide) groups is 1. The molecule has 8 heteroatoms. The fourth-order valence-corrected chi connectivity index (χ4v) is 5.10. The molecule has 0 spiro atoms. The van der Waals surface area contributed by atoms with E-state index in [2.05, 4.69) is 31.9 Å². The van der Waals surface area contributed by atoms with Crippen molar-refractivity contribution in [2.24, 2.45) is 0 Å². The summed E-state index contributed by atoms with van der Waals surface area (Å²) in [6, 6.07) is 9.75. The quantitative estimate of drug-likeness (QED) is 0.457. The lowest BCUT2D eigenvalue weighted by Crippen LogP contribution is -2.43. The first-order chi connectivity index (χ1) is 14.9. The third-order valence-corrected chi connectivity index (χ3v) is 7.10. The Morgan fingerprint density at radius 1 is 1.26 bits per heavy atom. The number of H-pyrrole nitrogens is 1. The number of morpholine rings is 1. The number of carbonyl (C=O) groups is 1. The first-order valence-corrected chi connectivity index (χ1v) is 12.0. The van der Waals surface area contributed by atoms with Crippen LogP contribution in [0.3, 0.4) is 0 Å². The van der Waals surface area contributed by atoms with Gasteiger partial charge in [-0.2, -0.15) is 5.26 Å². The Kier molecular flexibility index (Phi) is 6.68. The highest BCUT2D eigenvalue weighted by atomic mass is 79.9. The van der Waals surface area contributed by atoms with E-state index in [4.69, 9.17) is 9.47 Å². The van der Waals surface area contributed by atoms with Gasteiger partial charge in [-0.05, 0) is 31.5 Å². The molecule has 0 radical (unpaired) electrons. The fraction of sp³-hybridized carbons (Fsp3) is 0.435. The summed E-state index contributed by atoms with van der Waals surface area (Å²) < 4.78 is 12.5. The molecular weight excluding hydrogens is 478 g/mol. The summed E-state index contributed by atoms with van der Waals surface area (Å²) in [5.41, 5.74) is 3.02. The molecule has 2 aliphatic rings. The van der Waals surface area contributed by atoms with E-state index >= 15 is 0 Å². The number of nitrogens with zero attached hydrogens (tertiary/aromatic N) is 2. The van der Waals surface area contributed by atoms with Crippen molar-refractivity contribution in [2.75, 3.05) is 37.0 Å². The number of nitrogens with one attached hydrogen (secondary N) is 1. The van der Waals surface area contributed by atoms with Crippen LogP contribution in [0.4, 0.5) is 5.82 Å². The highest BCUT2D eigenvalue weighted by Crippen LogP contribution is 2.36. The smallest absolute Gasteiger partial charge is 0.281 e. The van der Waals surface area contributed by atoms with E-state index in [1.165, 1.54) is 11.8 Å². The maximum Gasteiger partial charge on any atom is 0.281 e. The Morgan fingerprint density at radius 3 is 2.65 bits per heavy atom. The molecule has 1 saturated heterocycles. The first kappa shape index (κ1) is 22.3. The molecule has 1 aromatic heterocycles. The van der Waals surface area contributed by atoms with E-state index in [1.54, 1.807) is 0 Å². The third kappa shape index (κ3) is 4.96. The standard InChI is InChI=1S/C23H24BrN3O3S/c1-23(2)11-17-18(12-25)22(31-14-20(28)15-3-5-16(24)6-4-15)26-21(19(17)13-30-23)27-7-9-29-10-8-27/h3-6H,7-11,13-14H2,1-2H3/p+1. The Bertz CT molecular complexity index is 1030. The molecule has 3 heterocycles. The summed E-state index contributed by atoms with van der Waals surface area (Å²) in [4.78, 5) is 18.5. The molecule has 0 atom stereocenters. The molecule has 1 N–H and O–H groups in total. The number of ketones is 1. The zero-order valence-corrected chi connectivity index (χ0v) is 20.1. The molecular formula is C23H25BrN3O3S+. The average molecular weight is 503 g/mol. The SMILES string of the molecule is CC1(C)Cc2c(C#N)c(SCC(=O)c3ccc(Br)cc3)[nH+]c(N3CCOCC3)c2CO1. The molecule has 31 heavy (non-hydrogen) atoms. The number of Topliss-reactive ketones (excluding diaryl/α,β-unsaturated/α-hetero) is 1. The minimum Gasteiger partial charge on any atom is -0.373 e. The summed E-state index contributed by atoms with van der Waals surface area (Å²) in [7, 11) is 0. The van der Waals surface area contributed by atoms with Crippen LogP contribution in [0.2, 0.25) is 0 Å². The predicted molar refractivity (Wildman–Crippen MR) is 123 cm³/mol. The van der Waals surface area contributed by atoms with Crippen LogP contribution in [0.5, 0.6) is 0 Å². The number of ether oxygens (including phenoxy) is 2. The number of benzene rings is 1. The number of rotatable bonds is 5. The van der Waals surface area contributed by atoms with Gasteiger partial charge in [-0.25, -0.2) is 4.98 Å². The number of anilines is 1. The van der Waals surface area contributed by atoms with E-state index in [-0.39, 0.29) is 17.1 Å². The summed E-state index contributed by atoms with van der Waals surface area (Å²) in [5.74, 6) is 1.27. The summed E-state index contributed by atoms with van der Waals surface area (Å²) in [6.45, 7) is 7.44. The minimum absolute atomic E-state index is 0.0316. The van der Waals surface area contributed by atoms with Gasteiger partial charge in [0.25, 0.3) is 5.82 Å². The van der Waals surface area contributed by atoms with Crippen molar-refractivity contribution in [3.8, 4) is 6.07 Å². The average Bonchev–Trinajstić information content (AvgIpc) is 2.77. The van der Waals surface area contributed by atoms with Gasteiger partial charge in [-0.15, -0.1) is 0 Å². The van der Waals surface area contributed by atoms with Crippen molar-refractivity contribution in [2.45, 2.75) is 37.5 Å². The van der Waals surface area contributed by atoms with Crippen molar-refractivity contribution in [1.82, 2.24) is 0 Å². The number of halogens is 1. The number of hydrogen-bond acceptors (Lipinski definition) is 6. The van der Waals surface area contributed by atoms with Gasteiger partial charge < -0.3 is 9.47 Å². The van der Waals surface area contributed by atoms with Crippen LogP contribution in [0.25, 0.3) is 0 Å². The predicted octanol–water partition coefficient (Wildman–Crippen LogP) is 3.80. The van der Waals surface area contributed by atoms with E-state index in [9.17, 15) is 10.1 Å². The molecule has 2 aromatic rings. The maximum absolute atomic E-state index is 12.7. The maximum atomic E-state index is 12.7. The second-order valence-corrected chi connectivity index (χ2v) is 10.2. The van der Waals surface area contributed by atoms with Crippen molar-refractivity contribution in [3.63, 3.8) is 0 Å². The van der Waals surface area contributed by atoms with Crippen LogP contribution in [-0.2, 0) is 22.5 Å². The highest BCUT2D eigenvalue weighted by Gasteiger charge is 2.36. The number of aromatic amines is 1. The molecule has 162 valence electrons. The fourth-order valence-electron chi connectivity index (χ4n) is 3.91. The lowest BCUT2D eigenvalue weighted by atomic mass is 9.89. The number of hydrogen-bond donors (Lipinski definition) is 0. The van der Waals surface area contributed by atoms with Gasteiger partial charge >= 0.3 is 0 Å². The van der Waals surface area contributed by atoms with Crippen molar-refractivity contribution < 1.29 is 19.3 Å². The molecule has 0 amide bonds. The van der Waals surface area contributed by atoms with Crippen LogP contribution in [0.1, 0.15) is 40.9 Å². The Morgan fingerprint density at radius 2 is 1.97 bits per heavy atom. The summed E-state index contributed by atoms with van der Waals surface area (Å²) in [5, 5.41) is 10.8. The lowest BCUT2D eigenvalue weighted by Gasteiger charge is -2.34. The molecule has 0 bridgehead atoms. The molecule has 4 rings (SSSR count). The van der Waals surface area contributed by atoms with Crippen molar-refractivity contribution in [3.05, 3.63) is 51.0 Å². The Balaban J connectivity index is 1.68. The van der Waals surface area contributed by atoms with Gasteiger partial charge in [-0.3, -0.25) is 9.69 Å². The van der Waals surface area contributed by atoms with Crippen molar-refractivity contribution >= 4 is 39.3 Å². The van der Waals surface area contributed by atoms with Crippen LogP contribution < -0.4 is 9.88 Å². The molecule has 1 aromatic carbocycles. The van der Waals surface area contributed by atoms with Crippen LogP contribution in [0.15, 0.2) is 33.8 Å². The van der Waals surface area contributed by atoms with Gasteiger partial charge in [0.1, 0.15) is 24.7 Å². The largest absolute Gasteiger partial charge is 0.373 e. The highest BCUT2D eigenvalue weighted by molar-refractivity contribution is 9.10.